The minimum atomic E-state index is -4.00. The van der Waals surface area contributed by atoms with Crippen LogP contribution in [0.3, 0.4) is 0 Å². The highest BCUT2D eigenvalue weighted by molar-refractivity contribution is 7.59. The molecule has 7 rings (SSSR count). The Balaban J connectivity index is 1.51. The first-order valence-corrected chi connectivity index (χ1v) is 13.2. The average Bonchev–Trinajstić information content (AvgIpc) is 3.14. The maximum atomic E-state index is 15.0. The summed E-state index contributed by atoms with van der Waals surface area (Å²) in [5.41, 5.74) is 4.19. The lowest BCUT2D eigenvalue weighted by atomic mass is 9.87. The molecule has 2 bridgehead atoms. The van der Waals surface area contributed by atoms with Gasteiger partial charge in [0.25, 0.3) is 0 Å². The molecule has 0 unspecified atom stereocenters. The number of carbonyl (C=O) groups excluding carboxylic acids is 1. The van der Waals surface area contributed by atoms with Gasteiger partial charge in [-0.2, -0.15) is 5.06 Å². The van der Waals surface area contributed by atoms with Crippen molar-refractivity contribution in [3.05, 3.63) is 89.2 Å². The number of nitrogens with zero attached hydrogens (tertiary/aromatic N) is 1. The fourth-order valence-electron chi connectivity index (χ4n) is 5.73. The fraction of sp³-hybridized carbons (Fsp3) is 0.222. The second kappa shape index (κ2) is 7.25. The third-order valence-electron chi connectivity index (χ3n) is 7.17. The van der Waals surface area contributed by atoms with Gasteiger partial charge in [0.15, 0.2) is 0 Å². The third-order valence-corrected chi connectivity index (χ3v) is 9.18. The van der Waals surface area contributed by atoms with E-state index in [1.807, 2.05) is 60.7 Å². The Morgan fingerprint density at radius 2 is 1.47 bits per heavy atom. The first-order chi connectivity index (χ1) is 16.6. The number of rotatable bonds is 1. The predicted molar refractivity (Wildman–Crippen MR) is 128 cm³/mol. The molecule has 0 radical (unpaired) electrons. The van der Waals surface area contributed by atoms with Crippen molar-refractivity contribution in [3.8, 4) is 22.6 Å². The molecule has 3 aliphatic heterocycles. The standard InChI is InChI=1S/C27H22NO5P/c29-27-25-19-11-1-5-13-21(19)28(31-27)22-14-6-2-12-20(22)26(25)34(30)32-23-15-7-3-9-17(23)18-10-4-8-16-24(18)33-34/h1,3-5,7-11,13,15-16,22,25H,2,6,12,14H2/t22-,25+/m1/s1. The second-order valence-electron chi connectivity index (χ2n) is 9.07. The van der Waals surface area contributed by atoms with Crippen LogP contribution in [0.25, 0.3) is 11.1 Å². The quantitative estimate of drug-likeness (QED) is 0.373. The third kappa shape index (κ3) is 2.75. The molecule has 7 heteroatoms. The van der Waals surface area contributed by atoms with Crippen LogP contribution in [-0.2, 0) is 14.2 Å². The number of anilines is 1. The molecule has 34 heavy (non-hydrogen) atoms. The highest BCUT2D eigenvalue weighted by Crippen LogP contribution is 2.67. The Morgan fingerprint density at radius 1 is 0.824 bits per heavy atom. The summed E-state index contributed by atoms with van der Waals surface area (Å²) in [6.07, 6.45) is 3.48. The summed E-state index contributed by atoms with van der Waals surface area (Å²) in [5.74, 6) is -0.313. The topological polar surface area (TPSA) is 65.1 Å². The molecule has 0 N–H and O–H groups in total. The Morgan fingerprint density at radius 3 is 2.21 bits per heavy atom. The van der Waals surface area contributed by atoms with E-state index in [9.17, 15) is 9.36 Å². The molecule has 1 aliphatic carbocycles. The van der Waals surface area contributed by atoms with Gasteiger partial charge in [0.05, 0.1) is 17.0 Å². The normalized spacial score (nSPS) is 23.8. The van der Waals surface area contributed by atoms with E-state index in [1.54, 1.807) is 17.2 Å². The van der Waals surface area contributed by atoms with Crippen LogP contribution >= 0.6 is 7.60 Å². The predicted octanol–water partition coefficient (Wildman–Crippen LogP) is 6.59. The van der Waals surface area contributed by atoms with E-state index in [-0.39, 0.29) is 6.04 Å². The molecule has 0 spiro atoms. The number of carbonyl (C=O) groups is 1. The van der Waals surface area contributed by atoms with Crippen LogP contribution in [0.2, 0.25) is 0 Å². The van der Waals surface area contributed by atoms with E-state index < -0.39 is 19.5 Å². The second-order valence-corrected chi connectivity index (χ2v) is 10.9. The molecule has 0 saturated heterocycles. The van der Waals surface area contributed by atoms with Crippen molar-refractivity contribution >= 4 is 19.3 Å². The number of hydroxylamine groups is 1. The summed E-state index contributed by atoms with van der Waals surface area (Å²) >= 11 is 0. The van der Waals surface area contributed by atoms with Gasteiger partial charge in [0.2, 0.25) is 0 Å². The smallest absolute Gasteiger partial charge is 0.412 e. The van der Waals surface area contributed by atoms with Crippen molar-refractivity contribution in [2.24, 2.45) is 0 Å². The summed E-state index contributed by atoms with van der Waals surface area (Å²) in [6.45, 7) is 0. The Kier molecular flexibility index (Phi) is 4.25. The summed E-state index contributed by atoms with van der Waals surface area (Å²) in [6, 6.07) is 22.5. The number of hydrogen-bond donors (Lipinski definition) is 0. The van der Waals surface area contributed by atoms with Gasteiger partial charge in [-0.3, -0.25) is 0 Å². The van der Waals surface area contributed by atoms with Crippen LogP contribution in [0, 0.1) is 0 Å². The fourth-order valence-corrected chi connectivity index (χ4v) is 7.98. The minimum absolute atomic E-state index is 0.187. The average molecular weight is 471 g/mol. The largest absolute Gasteiger partial charge is 0.460 e. The molecule has 0 aromatic heterocycles. The van der Waals surface area contributed by atoms with Gasteiger partial charge in [-0.15, -0.1) is 0 Å². The maximum absolute atomic E-state index is 15.0. The van der Waals surface area contributed by atoms with Crippen molar-refractivity contribution in [2.75, 3.05) is 5.06 Å². The lowest BCUT2D eigenvalue weighted by Gasteiger charge is -2.36. The number of fused-ring (bicyclic) bond motifs is 5. The highest BCUT2D eigenvalue weighted by Gasteiger charge is 2.54. The van der Waals surface area contributed by atoms with Gasteiger partial charge in [-0.1, -0.05) is 61.0 Å². The van der Waals surface area contributed by atoms with Gasteiger partial charge in [-0.25, -0.2) is 9.36 Å². The summed E-state index contributed by atoms with van der Waals surface area (Å²) < 4.78 is 27.6. The van der Waals surface area contributed by atoms with Gasteiger partial charge >= 0.3 is 13.6 Å². The van der Waals surface area contributed by atoms with Crippen LogP contribution in [-0.4, -0.2) is 12.0 Å². The zero-order chi connectivity index (χ0) is 22.9. The van der Waals surface area contributed by atoms with Crippen LogP contribution < -0.4 is 14.1 Å². The molecule has 170 valence electrons. The molecule has 3 aromatic carbocycles. The number of hydrogen-bond acceptors (Lipinski definition) is 6. The zero-order valence-corrected chi connectivity index (χ0v) is 19.2. The monoisotopic (exact) mass is 471 g/mol. The first kappa shape index (κ1) is 19.9. The van der Waals surface area contributed by atoms with Gasteiger partial charge in [0.1, 0.15) is 17.4 Å². The van der Waals surface area contributed by atoms with Gasteiger partial charge < -0.3 is 13.9 Å². The van der Waals surface area contributed by atoms with E-state index in [1.165, 1.54) is 0 Å². The Labute approximate surface area is 197 Å². The van der Waals surface area contributed by atoms with Crippen LogP contribution in [0.15, 0.2) is 83.7 Å². The highest BCUT2D eigenvalue weighted by atomic mass is 31.2. The van der Waals surface area contributed by atoms with Crippen molar-refractivity contribution < 1.29 is 23.2 Å². The molecule has 3 aromatic rings. The van der Waals surface area contributed by atoms with E-state index >= 15 is 0 Å². The molecule has 1 fully saturated rings. The number of benzene rings is 3. The molecule has 1 saturated carbocycles. The molecule has 0 amide bonds. The molecule has 6 nitrogen and oxygen atoms in total. The van der Waals surface area contributed by atoms with E-state index in [2.05, 4.69) is 0 Å². The lowest BCUT2D eigenvalue weighted by molar-refractivity contribution is -0.147. The minimum Gasteiger partial charge on any atom is -0.412 e. The van der Waals surface area contributed by atoms with Gasteiger partial charge in [-0.05, 0) is 48.6 Å². The Bertz CT molecular complexity index is 1380. The summed E-state index contributed by atoms with van der Waals surface area (Å²) in [5, 5.41) is 2.17. The SMILES string of the molecule is O=C1ON2c3ccccc3[C@H]1C(P1(=O)Oc3ccccc3-c3ccccc3O1)=C1CCCC[C@H]12. The Hall–Kier alpha value is -3.50. The first-order valence-electron chi connectivity index (χ1n) is 11.7. The van der Waals surface area contributed by atoms with Crippen LogP contribution in [0.1, 0.15) is 37.2 Å². The van der Waals surface area contributed by atoms with E-state index in [0.29, 0.717) is 16.8 Å². The lowest BCUT2D eigenvalue weighted by Crippen LogP contribution is -2.41. The molecule has 2 atom stereocenters. The van der Waals surface area contributed by atoms with Crippen LogP contribution in [0.5, 0.6) is 11.5 Å². The van der Waals surface area contributed by atoms with E-state index in [4.69, 9.17) is 13.9 Å². The zero-order valence-electron chi connectivity index (χ0n) is 18.3. The summed E-state index contributed by atoms with van der Waals surface area (Å²) in [4.78, 5) is 19.3. The van der Waals surface area contributed by atoms with Crippen molar-refractivity contribution in [1.29, 1.82) is 0 Å². The van der Waals surface area contributed by atoms with E-state index in [0.717, 1.165) is 53.6 Å². The summed E-state index contributed by atoms with van der Waals surface area (Å²) in [7, 11) is -4.00. The molecular weight excluding hydrogens is 449 g/mol. The van der Waals surface area contributed by atoms with Gasteiger partial charge in [0, 0.05) is 11.1 Å². The molecular formula is C27H22NO5P. The van der Waals surface area contributed by atoms with Crippen LogP contribution in [0.4, 0.5) is 5.69 Å². The van der Waals surface area contributed by atoms with Crippen molar-refractivity contribution in [2.45, 2.75) is 37.6 Å². The maximum Gasteiger partial charge on any atom is 0.460 e. The molecule has 3 heterocycles. The molecule has 4 aliphatic rings. The van der Waals surface area contributed by atoms with Crippen molar-refractivity contribution in [1.82, 2.24) is 0 Å². The number of para-hydroxylation sites is 3. The van der Waals surface area contributed by atoms with Crippen molar-refractivity contribution in [3.63, 3.8) is 0 Å².